The largest absolute Gasteiger partial charge is 0.290 e. The summed E-state index contributed by atoms with van der Waals surface area (Å²) in [5.41, 5.74) is -0.247. The highest BCUT2D eigenvalue weighted by atomic mass is 32.2. The Labute approximate surface area is 70.0 Å². The maximum absolute atomic E-state index is 11.0. The van der Waals surface area contributed by atoms with Crippen molar-refractivity contribution in [1.82, 2.24) is 0 Å². The van der Waals surface area contributed by atoms with Gasteiger partial charge in [0.1, 0.15) is 0 Å². The van der Waals surface area contributed by atoms with Gasteiger partial charge < -0.3 is 0 Å². The topological polar surface area (TPSA) is 26.3 Å². The third-order valence-corrected chi connectivity index (χ3v) is 3.52. The Morgan fingerprint density at radius 2 is 2.45 bits per heavy atom. The maximum atomic E-state index is 11.0. The molecule has 11 heavy (non-hydrogen) atoms. The molecule has 62 valence electrons. The molecule has 1 saturated heterocycles. The van der Waals surface area contributed by atoms with Crippen LogP contribution in [0.3, 0.4) is 0 Å². The minimum atomic E-state index is -1.17. The zero-order valence-electron chi connectivity index (χ0n) is 6.79. The van der Waals surface area contributed by atoms with Crippen LogP contribution in [0.2, 0.25) is 0 Å². The minimum absolute atomic E-state index is 0.247. The second-order valence-electron chi connectivity index (χ2n) is 3.20. The monoisotopic (exact) mass is 172 g/mol. The van der Waals surface area contributed by atoms with Crippen LogP contribution >= 0.6 is 0 Å². The van der Waals surface area contributed by atoms with Gasteiger partial charge in [-0.2, -0.15) is 0 Å². The standard InChI is InChI=1S/C8H12O2S/c1-4-8(3)6-11(9)10-5-7(8)2/h1,7H,5-6H2,2-3H3. The normalized spacial score (nSPS) is 44.8. The fourth-order valence-corrected chi connectivity index (χ4v) is 2.27. The first-order valence-corrected chi connectivity index (χ1v) is 4.82. The van der Waals surface area contributed by atoms with Crippen LogP contribution in [0, 0.1) is 23.7 Å². The Hall–Kier alpha value is -0.330. The molecule has 0 aromatic rings. The summed E-state index contributed by atoms with van der Waals surface area (Å²) >= 11 is -1.17. The Balaban J connectivity index is 2.78. The Bertz CT molecular complexity index is 219. The number of hydrogen-bond acceptors (Lipinski definition) is 2. The van der Waals surface area contributed by atoms with Gasteiger partial charge in [0.2, 0.25) is 0 Å². The van der Waals surface area contributed by atoms with Gasteiger partial charge in [-0.15, -0.1) is 6.42 Å². The molecule has 3 atom stereocenters. The molecular weight excluding hydrogens is 160 g/mol. The molecule has 2 nitrogen and oxygen atoms in total. The summed E-state index contributed by atoms with van der Waals surface area (Å²) in [6, 6.07) is 0. The molecule has 1 fully saturated rings. The lowest BCUT2D eigenvalue weighted by atomic mass is 9.81. The molecule has 3 heteroatoms. The molecule has 0 aromatic carbocycles. The molecule has 3 unspecified atom stereocenters. The van der Waals surface area contributed by atoms with Crippen molar-refractivity contribution in [3.8, 4) is 12.3 Å². The van der Waals surface area contributed by atoms with Crippen molar-refractivity contribution >= 4 is 11.1 Å². The minimum Gasteiger partial charge on any atom is -0.290 e. The maximum Gasteiger partial charge on any atom is 0.157 e. The summed E-state index contributed by atoms with van der Waals surface area (Å²) in [5.74, 6) is 3.45. The van der Waals surface area contributed by atoms with E-state index in [1.807, 2.05) is 13.8 Å². The first kappa shape index (κ1) is 8.76. The summed E-state index contributed by atoms with van der Waals surface area (Å²) < 4.78 is 15.9. The first-order valence-electron chi connectivity index (χ1n) is 3.58. The average molecular weight is 172 g/mol. The average Bonchev–Trinajstić information content (AvgIpc) is 1.98. The van der Waals surface area contributed by atoms with Gasteiger partial charge in [-0.3, -0.25) is 4.18 Å². The van der Waals surface area contributed by atoms with E-state index in [9.17, 15) is 4.21 Å². The second-order valence-corrected chi connectivity index (χ2v) is 4.33. The molecule has 0 aromatic heterocycles. The summed E-state index contributed by atoms with van der Waals surface area (Å²) in [5, 5.41) is 0. The molecule has 1 rings (SSSR count). The number of rotatable bonds is 0. The summed E-state index contributed by atoms with van der Waals surface area (Å²) in [6.07, 6.45) is 5.35. The first-order chi connectivity index (χ1) is 5.08. The summed E-state index contributed by atoms with van der Waals surface area (Å²) in [4.78, 5) is 0. The van der Waals surface area contributed by atoms with Crippen LogP contribution in [0.25, 0.3) is 0 Å². The van der Waals surface area contributed by atoms with E-state index in [2.05, 4.69) is 5.92 Å². The molecule has 1 aliphatic rings. The molecule has 0 spiro atoms. The lowest BCUT2D eigenvalue weighted by Gasteiger charge is -2.33. The van der Waals surface area contributed by atoms with Crippen LogP contribution in [0.4, 0.5) is 0 Å². The van der Waals surface area contributed by atoms with E-state index in [-0.39, 0.29) is 5.41 Å². The second kappa shape index (κ2) is 2.96. The van der Waals surface area contributed by atoms with Crippen LogP contribution in [-0.2, 0) is 15.3 Å². The highest BCUT2D eigenvalue weighted by molar-refractivity contribution is 7.80. The quantitative estimate of drug-likeness (QED) is 0.509. The van der Waals surface area contributed by atoms with E-state index < -0.39 is 11.1 Å². The van der Waals surface area contributed by atoms with Crippen molar-refractivity contribution in [3.05, 3.63) is 0 Å². The van der Waals surface area contributed by atoms with E-state index in [0.717, 1.165) is 0 Å². The van der Waals surface area contributed by atoms with Crippen LogP contribution in [-0.4, -0.2) is 16.6 Å². The van der Waals surface area contributed by atoms with Crippen LogP contribution < -0.4 is 0 Å². The van der Waals surface area contributed by atoms with Crippen LogP contribution in [0.15, 0.2) is 0 Å². The number of terminal acetylenes is 1. The van der Waals surface area contributed by atoms with Crippen molar-refractivity contribution < 1.29 is 8.39 Å². The zero-order chi connectivity index (χ0) is 8.48. The van der Waals surface area contributed by atoms with Gasteiger partial charge in [0.25, 0.3) is 0 Å². The van der Waals surface area contributed by atoms with Gasteiger partial charge in [-0.1, -0.05) is 12.8 Å². The Kier molecular flexibility index (Phi) is 2.36. The molecule has 1 aliphatic heterocycles. The lowest BCUT2D eigenvalue weighted by Crippen LogP contribution is -2.38. The van der Waals surface area contributed by atoms with Crippen molar-refractivity contribution in [2.24, 2.45) is 11.3 Å². The van der Waals surface area contributed by atoms with Gasteiger partial charge in [0.05, 0.1) is 12.4 Å². The van der Waals surface area contributed by atoms with Crippen molar-refractivity contribution in [1.29, 1.82) is 0 Å². The van der Waals surface area contributed by atoms with Crippen molar-refractivity contribution in [2.45, 2.75) is 13.8 Å². The third kappa shape index (κ3) is 1.63. The highest BCUT2D eigenvalue weighted by Crippen LogP contribution is 2.31. The molecule has 0 bridgehead atoms. The van der Waals surface area contributed by atoms with E-state index in [0.29, 0.717) is 18.3 Å². The molecule has 0 amide bonds. The van der Waals surface area contributed by atoms with Crippen LogP contribution in [0.5, 0.6) is 0 Å². The van der Waals surface area contributed by atoms with Gasteiger partial charge in [-0.05, 0) is 12.8 Å². The molecule has 0 saturated carbocycles. The van der Waals surface area contributed by atoms with Crippen molar-refractivity contribution in [3.63, 3.8) is 0 Å². The van der Waals surface area contributed by atoms with Crippen LogP contribution in [0.1, 0.15) is 13.8 Å². The van der Waals surface area contributed by atoms with E-state index in [1.165, 1.54) is 0 Å². The molecule has 1 heterocycles. The zero-order valence-corrected chi connectivity index (χ0v) is 7.61. The predicted molar refractivity (Wildman–Crippen MR) is 45.1 cm³/mol. The van der Waals surface area contributed by atoms with Gasteiger partial charge in [-0.25, -0.2) is 4.21 Å². The molecular formula is C8H12O2S. The van der Waals surface area contributed by atoms with E-state index in [1.54, 1.807) is 0 Å². The van der Waals surface area contributed by atoms with Gasteiger partial charge in [0.15, 0.2) is 11.1 Å². The molecule has 0 radical (unpaired) electrons. The smallest absolute Gasteiger partial charge is 0.157 e. The van der Waals surface area contributed by atoms with Crippen molar-refractivity contribution in [2.75, 3.05) is 12.4 Å². The SMILES string of the molecule is C#CC1(C)CS(=O)OCC1C. The lowest BCUT2D eigenvalue weighted by molar-refractivity contribution is 0.176. The molecule has 0 N–H and O–H groups in total. The fourth-order valence-electron chi connectivity index (χ4n) is 0.975. The summed E-state index contributed by atoms with van der Waals surface area (Å²) in [6.45, 7) is 4.49. The highest BCUT2D eigenvalue weighted by Gasteiger charge is 2.36. The summed E-state index contributed by atoms with van der Waals surface area (Å²) in [7, 11) is 0. The Morgan fingerprint density at radius 1 is 1.82 bits per heavy atom. The van der Waals surface area contributed by atoms with Gasteiger partial charge in [0, 0.05) is 5.41 Å². The third-order valence-electron chi connectivity index (χ3n) is 2.28. The van der Waals surface area contributed by atoms with Gasteiger partial charge >= 0.3 is 0 Å². The fraction of sp³-hybridized carbons (Fsp3) is 0.750. The number of hydrogen-bond donors (Lipinski definition) is 0. The molecule has 0 aliphatic carbocycles. The van der Waals surface area contributed by atoms with E-state index >= 15 is 0 Å². The van der Waals surface area contributed by atoms with E-state index in [4.69, 9.17) is 10.6 Å². The predicted octanol–water partition coefficient (Wildman–Crippen LogP) is 0.956. The Morgan fingerprint density at radius 3 is 2.91 bits per heavy atom.